The molecule has 1 fully saturated rings. The number of hydrogen-bond acceptors (Lipinski definition) is 3. The molecule has 1 saturated carbocycles. The fourth-order valence-corrected chi connectivity index (χ4v) is 5.90. The Labute approximate surface area is 196 Å². The first kappa shape index (κ1) is 22.0. The fourth-order valence-electron chi connectivity index (χ4n) is 5.90. The van der Waals surface area contributed by atoms with Crippen molar-refractivity contribution in [3.05, 3.63) is 59.4 Å². The Kier molecular flexibility index (Phi) is 6.13. The number of aliphatic carboxylic acids is 1. The summed E-state index contributed by atoms with van der Waals surface area (Å²) >= 11 is 0. The van der Waals surface area contributed by atoms with Crippen molar-refractivity contribution in [1.29, 1.82) is 0 Å². The molecule has 174 valence electrons. The second-order valence-electron chi connectivity index (χ2n) is 9.98. The summed E-state index contributed by atoms with van der Waals surface area (Å²) in [6, 6.07) is 15.1. The summed E-state index contributed by atoms with van der Waals surface area (Å²) in [7, 11) is 2.17. The van der Waals surface area contributed by atoms with E-state index >= 15 is 0 Å². The van der Waals surface area contributed by atoms with Gasteiger partial charge < -0.3 is 14.6 Å². The van der Waals surface area contributed by atoms with Crippen molar-refractivity contribution in [2.24, 2.45) is 0 Å². The summed E-state index contributed by atoms with van der Waals surface area (Å²) in [6.45, 7) is 2.28. The van der Waals surface area contributed by atoms with E-state index in [4.69, 9.17) is 4.98 Å². The molecule has 2 atom stereocenters. The maximum absolute atomic E-state index is 12.3. The molecule has 2 aromatic carbocycles. The standard InChI is InChI=1S/C28H35N3O2/c1-19-14-15-22-24(30(19)2)16-17-25-27(22)29-26(31(25)21-12-8-3-4-9-13-21)18-23(28(32)33)20-10-6-5-7-11-20/h5-7,10-11,16-17,19,21,23H,3-4,8-9,12-15,18H2,1-2H3,(H,32,33). The van der Waals surface area contributed by atoms with Crippen molar-refractivity contribution >= 4 is 22.7 Å². The maximum atomic E-state index is 12.3. The number of carboxylic acid groups (broad SMARTS) is 1. The Bertz CT molecular complexity index is 1130. The summed E-state index contributed by atoms with van der Waals surface area (Å²) in [6.07, 6.45) is 9.91. The highest BCUT2D eigenvalue weighted by atomic mass is 16.4. The molecule has 2 heterocycles. The zero-order valence-corrected chi connectivity index (χ0v) is 19.8. The fraction of sp³-hybridized carbons (Fsp3) is 0.500. The van der Waals surface area contributed by atoms with Crippen molar-refractivity contribution in [3.63, 3.8) is 0 Å². The van der Waals surface area contributed by atoms with Crippen LogP contribution in [-0.2, 0) is 17.6 Å². The van der Waals surface area contributed by atoms with Crippen molar-refractivity contribution in [2.45, 2.75) is 82.7 Å². The topological polar surface area (TPSA) is 58.4 Å². The number of fused-ring (bicyclic) bond motifs is 3. The van der Waals surface area contributed by atoms with Crippen LogP contribution in [0.15, 0.2) is 42.5 Å². The van der Waals surface area contributed by atoms with E-state index < -0.39 is 11.9 Å². The molecule has 0 radical (unpaired) electrons. The van der Waals surface area contributed by atoms with Crippen LogP contribution in [0.3, 0.4) is 0 Å². The van der Waals surface area contributed by atoms with E-state index in [0.29, 0.717) is 18.5 Å². The number of nitrogens with zero attached hydrogens (tertiary/aromatic N) is 3. The van der Waals surface area contributed by atoms with E-state index in [1.54, 1.807) is 0 Å². The van der Waals surface area contributed by atoms with E-state index in [2.05, 4.69) is 35.6 Å². The first-order valence-electron chi connectivity index (χ1n) is 12.6. The van der Waals surface area contributed by atoms with Gasteiger partial charge in [0.25, 0.3) is 0 Å². The molecule has 5 rings (SSSR count). The van der Waals surface area contributed by atoms with Gasteiger partial charge in [0.15, 0.2) is 0 Å². The van der Waals surface area contributed by atoms with Gasteiger partial charge in [0.05, 0.1) is 17.0 Å². The summed E-state index contributed by atoms with van der Waals surface area (Å²) in [5, 5.41) is 10.1. The lowest BCUT2D eigenvalue weighted by molar-refractivity contribution is -0.138. The Hall–Kier alpha value is -2.82. The number of rotatable bonds is 5. The maximum Gasteiger partial charge on any atom is 0.311 e. The van der Waals surface area contributed by atoms with Gasteiger partial charge in [-0.3, -0.25) is 4.79 Å². The molecule has 0 amide bonds. The molecule has 2 unspecified atom stereocenters. The molecule has 1 aromatic heterocycles. The molecule has 3 aromatic rings. The van der Waals surface area contributed by atoms with Crippen LogP contribution < -0.4 is 4.90 Å². The molecule has 0 bridgehead atoms. The van der Waals surface area contributed by atoms with Crippen LogP contribution in [0, 0.1) is 0 Å². The van der Waals surface area contributed by atoms with E-state index in [1.165, 1.54) is 42.5 Å². The average Bonchev–Trinajstić information content (AvgIpc) is 2.98. The number of carbonyl (C=O) groups is 1. The van der Waals surface area contributed by atoms with Gasteiger partial charge in [-0.15, -0.1) is 0 Å². The van der Waals surface area contributed by atoms with Gasteiger partial charge in [0, 0.05) is 36.8 Å². The van der Waals surface area contributed by atoms with Crippen LogP contribution in [0.2, 0.25) is 0 Å². The first-order chi connectivity index (χ1) is 16.0. The predicted octanol–water partition coefficient (Wildman–Crippen LogP) is 6.11. The van der Waals surface area contributed by atoms with E-state index in [1.807, 2.05) is 30.3 Å². The second kappa shape index (κ2) is 9.20. The number of carboxylic acids is 1. The van der Waals surface area contributed by atoms with Crippen molar-refractivity contribution in [1.82, 2.24) is 9.55 Å². The van der Waals surface area contributed by atoms with E-state index in [0.717, 1.165) is 42.6 Å². The highest BCUT2D eigenvalue weighted by Crippen LogP contribution is 2.39. The molecule has 1 N–H and O–H groups in total. The molecule has 33 heavy (non-hydrogen) atoms. The monoisotopic (exact) mass is 445 g/mol. The lowest BCUT2D eigenvalue weighted by Gasteiger charge is -2.34. The molecule has 1 aliphatic heterocycles. The molecule has 0 spiro atoms. The Morgan fingerprint density at radius 3 is 2.48 bits per heavy atom. The molecule has 1 aliphatic carbocycles. The molecular formula is C28H35N3O2. The number of aryl methyl sites for hydroxylation is 1. The normalized spacial score (nSPS) is 20.4. The molecule has 2 aliphatic rings. The average molecular weight is 446 g/mol. The van der Waals surface area contributed by atoms with Crippen molar-refractivity contribution in [2.75, 3.05) is 11.9 Å². The van der Waals surface area contributed by atoms with Crippen LogP contribution in [-0.4, -0.2) is 33.7 Å². The van der Waals surface area contributed by atoms with Gasteiger partial charge in [-0.2, -0.15) is 0 Å². The quantitative estimate of drug-likeness (QED) is 0.481. The minimum absolute atomic E-state index is 0.399. The molecule has 0 saturated heterocycles. The summed E-state index contributed by atoms with van der Waals surface area (Å²) in [4.78, 5) is 19.9. The van der Waals surface area contributed by atoms with Crippen LogP contribution in [0.5, 0.6) is 0 Å². The third kappa shape index (κ3) is 4.14. The zero-order chi connectivity index (χ0) is 22.9. The van der Waals surface area contributed by atoms with Gasteiger partial charge in [-0.1, -0.05) is 56.0 Å². The summed E-state index contributed by atoms with van der Waals surface area (Å²) < 4.78 is 2.43. The third-order valence-corrected chi connectivity index (χ3v) is 7.95. The SMILES string of the molecule is CC1CCc2c(ccc3c2nc(CC(C(=O)O)c2ccccc2)n3C2CCCCCC2)N1C. The van der Waals surface area contributed by atoms with Crippen LogP contribution in [0.4, 0.5) is 5.69 Å². The number of anilines is 1. The number of aromatic nitrogens is 2. The van der Waals surface area contributed by atoms with E-state index in [9.17, 15) is 9.90 Å². The largest absolute Gasteiger partial charge is 0.481 e. The summed E-state index contributed by atoms with van der Waals surface area (Å²) in [5.41, 5.74) is 5.73. The number of imidazole rings is 1. The second-order valence-corrected chi connectivity index (χ2v) is 9.98. The highest BCUT2D eigenvalue weighted by Gasteiger charge is 2.29. The van der Waals surface area contributed by atoms with Gasteiger partial charge in [0.2, 0.25) is 0 Å². The van der Waals surface area contributed by atoms with Gasteiger partial charge >= 0.3 is 5.97 Å². The summed E-state index contributed by atoms with van der Waals surface area (Å²) in [5.74, 6) is -0.440. The van der Waals surface area contributed by atoms with E-state index in [-0.39, 0.29) is 0 Å². The molecule has 5 nitrogen and oxygen atoms in total. The van der Waals surface area contributed by atoms with Crippen LogP contribution in [0.1, 0.15) is 80.8 Å². The minimum Gasteiger partial charge on any atom is -0.481 e. The van der Waals surface area contributed by atoms with Gasteiger partial charge in [0.1, 0.15) is 5.82 Å². The zero-order valence-electron chi connectivity index (χ0n) is 19.8. The van der Waals surface area contributed by atoms with Crippen LogP contribution >= 0.6 is 0 Å². The predicted molar refractivity (Wildman–Crippen MR) is 133 cm³/mol. The lowest BCUT2D eigenvalue weighted by atomic mass is 9.95. The van der Waals surface area contributed by atoms with Crippen LogP contribution in [0.25, 0.3) is 11.0 Å². The third-order valence-electron chi connectivity index (χ3n) is 7.95. The van der Waals surface area contributed by atoms with Gasteiger partial charge in [-0.25, -0.2) is 4.98 Å². The van der Waals surface area contributed by atoms with Crippen molar-refractivity contribution < 1.29 is 9.90 Å². The molecule has 5 heteroatoms. The minimum atomic E-state index is -0.781. The Morgan fingerprint density at radius 2 is 1.79 bits per heavy atom. The number of benzene rings is 2. The van der Waals surface area contributed by atoms with Crippen molar-refractivity contribution in [3.8, 4) is 0 Å². The highest BCUT2D eigenvalue weighted by molar-refractivity contribution is 5.86. The Morgan fingerprint density at radius 1 is 1.06 bits per heavy atom. The lowest BCUT2D eigenvalue weighted by Crippen LogP contribution is -2.33. The smallest absolute Gasteiger partial charge is 0.311 e. The molecular weight excluding hydrogens is 410 g/mol. The van der Waals surface area contributed by atoms with Gasteiger partial charge in [-0.05, 0) is 50.3 Å². The first-order valence-corrected chi connectivity index (χ1v) is 12.6. The number of hydrogen-bond donors (Lipinski definition) is 1. The Balaban J connectivity index is 1.64.